The van der Waals surface area contributed by atoms with Gasteiger partial charge in [-0.1, -0.05) is 11.6 Å². The van der Waals surface area contributed by atoms with Gasteiger partial charge >= 0.3 is 0 Å². The Bertz CT molecular complexity index is 588. The highest BCUT2D eigenvalue weighted by molar-refractivity contribution is 14.0. The highest BCUT2D eigenvalue weighted by atomic mass is 127. The van der Waals surface area contributed by atoms with E-state index < -0.39 is 0 Å². The van der Waals surface area contributed by atoms with Crippen LogP contribution in [0, 0.1) is 13.8 Å². The molecule has 1 heterocycles. The number of aromatic nitrogens is 2. The molecular weight excluding hydrogens is 413 g/mol. The topological polar surface area (TPSA) is 54.2 Å². The third-order valence-electron chi connectivity index (χ3n) is 4.65. The van der Waals surface area contributed by atoms with Crippen molar-refractivity contribution in [1.29, 1.82) is 0 Å². The second-order valence-electron chi connectivity index (χ2n) is 6.53. The Labute approximate surface area is 163 Å². The smallest absolute Gasteiger partial charge is 0.191 e. The highest BCUT2D eigenvalue weighted by Crippen LogP contribution is 2.19. The summed E-state index contributed by atoms with van der Waals surface area (Å²) in [5.41, 5.74) is 5.28. The molecule has 0 fully saturated rings. The van der Waals surface area contributed by atoms with E-state index in [-0.39, 0.29) is 24.0 Å². The maximum Gasteiger partial charge on any atom is 0.191 e. The number of hydrogen-bond acceptors (Lipinski definition) is 2. The van der Waals surface area contributed by atoms with Crippen LogP contribution in [0.3, 0.4) is 0 Å². The summed E-state index contributed by atoms with van der Waals surface area (Å²) in [7, 11) is 3.83. The molecule has 1 aromatic heterocycles. The van der Waals surface area contributed by atoms with Crippen LogP contribution in [-0.4, -0.2) is 35.4 Å². The van der Waals surface area contributed by atoms with Crippen molar-refractivity contribution in [3.8, 4) is 0 Å². The van der Waals surface area contributed by atoms with E-state index in [1.807, 2.05) is 18.8 Å². The number of aryl methyl sites for hydroxylation is 2. The Kier molecular flexibility index (Phi) is 8.80. The highest BCUT2D eigenvalue weighted by Gasteiger charge is 2.14. The quantitative estimate of drug-likeness (QED) is 0.306. The second-order valence-corrected chi connectivity index (χ2v) is 6.53. The first-order valence-electron chi connectivity index (χ1n) is 8.65. The molecule has 1 aliphatic carbocycles. The molecular formula is C18H32IN5. The van der Waals surface area contributed by atoms with Crippen LogP contribution < -0.4 is 10.6 Å². The van der Waals surface area contributed by atoms with E-state index in [1.54, 1.807) is 5.57 Å². The molecule has 1 atom stereocenters. The average Bonchev–Trinajstić information content (AvgIpc) is 3.11. The van der Waals surface area contributed by atoms with Gasteiger partial charge in [0.15, 0.2) is 5.96 Å². The summed E-state index contributed by atoms with van der Waals surface area (Å²) in [5.74, 6) is 0.885. The zero-order chi connectivity index (χ0) is 16.8. The van der Waals surface area contributed by atoms with Gasteiger partial charge in [0.05, 0.1) is 5.69 Å². The molecule has 0 aliphatic heterocycles. The van der Waals surface area contributed by atoms with Crippen LogP contribution in [0.2, 0.25) is 0 Å². The predicted molar refractivity (Wildman–Crippen MR) is 112 cm³/mol. The fourth-order valence-corrected chi connectivity index (χ4v) is 3.20. The Morgan fingerprint density at radius 3 is 2.71 bits per heavy atom. The van der Waals surface area contributed by atoms with Crippen molar-refractivity contribution >= 4 is 29.9 Å². The van der Waals surface area contributed by atoms with Gasteiger partial charge in [0.2, 0.25) is 0 Å². The summed E-state index contributed by atoms with van der Waals surface area (Å²) < 4.78 is 1.96. The minimum absolute atomic E-state index is 0. The normalized spacial score (nSPS) is 15.7. The summed E-state index contributed by atoms with van der Waals surface area (Å²) in [6.07, 6.45) is 8.30. The van der Waals surface area contributed by atoms with Crippen LogP contribution in [-0.2, 0) is 13.5 Å². The van der Waals surface area contributed by atoms with Crippen molar-refractivity contribution in [3.63, 3.8) is 0 Å². The standard InChI is InChI=1S/C18H31N5.HI/c1-13(12-17-14(2)22-23(5)15(17)3)21-18(19-4)20-11-10-16-8-6-7-9-16;/h8,13H,6-7,9-12H2,1-5H3,(H2,19,20,21);1H. The summed E-state index contributed by atoms with van der Waals surface area (Å²) in [6, 6.07) is 0.313. The maximum absolute atomic E-state index is 4.49. The lowest BCUT2D eigenvalue weighted by Crippen LogP contribution is -2.43. The fourth-order valence-electron chi connectivity index (χ4n) is 3.20. The molecule has 0 amide bonds. The van der Waals surface area contributed by atoms with Gasteiger partial charge in [0.25, 0.3) is 0 Å². The van der Waals surface area contributed by atoms with Crippen LogP contribution in [0.1, 0.15) is 49.6 Å². The molecule has 2 N–H and O–H groups in total. The molecule has 24 heavy (non-hydrogen) atoms. The van der Waals surface area contributed by atoms with Gasteiger partial charge in [-0.25, -0.2) is 0 Å². The molecule has 5 nitrogen and oxygen atoms in total. The van der Waals surface area contributed by atoms with Gasteiger partial charge in [-0.05, 0) is 58.4 Å². The zero-order valence-corrected chi connectivity index (χ0v) is 18.0. The van der Waals surface area contributed by atoms with Crippen molar-refractivity contribution in [2.45, 2.75) is 58.9 Å². The number of allylic oxidation sites excluding steroid dienone is 1. The van der Waals surface area contributed by atoms with E-state index in [0.29, 0.717) is 6.04 Å². The van der Waals surface area contributed by atoms with Crippen LogP contribution in [0.5, 0.6) is 0 Å². The molecule has 2 rings (SSSR count). The van der Waals surface area contributed by atoms with E-state index in [4.69, 9.17) is 0 Å². The van der Waals surface area contributed by atoms with Crippen LogP contribution in [0.25, 0.3) is 0 Å². The Morgan fingerprint density at radius 2 is 2.17 bits per heavy atom. The van der Waals surface area contributed by atoms with Crippen molar-refractivity contribution < 1.29 is 0 Å². The first-order valence-corrected chi connectivity index (χ1v) is 8.65. The molecule has 0 saturated heterocycles. The van der Waals surface area contributed by atoms with Crippen molar-refractivity contribution in [3.05, 3.63) is 28.6 Å². The Hall–Kier alpha value is -1.05. The number of rotatable bonds is 6. The van der Waals surface area contributed by atoms with E-state index in [9.17, 15) is 0 Å². The number of nitrogens with zero attached hydrogens (tertiary/aromatic N) is 3. The average molecular weight is 445 g/mol. The third-order valence-corrected chi connectivity index (χ3v) is 4.65. The minimum atomic E-state index is 0. The molecule has 0 radical (unpaired) electrons. The van der Waals surface area contributed by atoms with Crippen LogP contribution in [0.15, 0.2) is 16.6 Å². The van der Waals surface area contributed by atoms with E-state index in [0.717, 1.165) is 31.0 Å². The van der Waals surface area contributed by atoms with Crippen molar-refractivity contribution in [2.24, 2.45) is 12.0 Å². The lowest BCUT2D eigenvalue weighted by atomic mass is 10.1. The van der Waals surface area contributed by atoms with Gasteiger partial charge in [-0.2, -0.15) is 5.10 Å². The second kappa shape index (κ2) is 10.1. The van der Waals surface area contributed by atoms with Gasteiger partial charge in [0.1, 0.15) is 0 Å². The number of nitrogens with one attached hydrogen (secondary N) is 2. The molecule has 0 saturated carbocycles. The molecule has 1 aliphatic rings. The van der Waals surface area contributed by atoms with Crippen molar-refractivity contribution in [2.75, 3.05) is 13.6 Å². The third kappa shape index (κ3) is 5.79. The predicted octanol–water partition coefficient (Wildman–Crippen LogP) is 3.25. The van der Waals surface area contributed by atoms with E-state index in [2.05, 4.69) is 47.6 Å². The van der Waals surface area contributed by atoms with Gasteiger partial charge in [0, 0.05) is 32.4 Å². The molecule has 0 aromatic carbocycles. The minimum Gasteiger partial charge on any atom is -0.356 e. The summed E-state index contributed by atoms with van der Waals surface area (Å²) in [6.45, 7) is 7.35. The van der Waals surface area contributed by atoms with E-state index >= 15 is 0 Å². The molecule has 0 spiro atoms. The molecule has 0 bridgehead atoms. The lowest BCUT2D eigenvalue weighted by Gasteiger charge is -2.18. The molecule has 1 unspecified atom stereocenters. The Morgan fingerprint density at radius 1 is 1.42 bits per heavy atom. The molecule has 1 aromatic rings. The van der Waals surface area contributed by atoms with Gasteiger partial charge in [-0.3, -0.25) is 9.67 Å². The summed E-state index contributed by atoms with van der Waals surface area (Å²) in [5, 5.41) is 11.4. The largest absolute Gasteiger partial charge is 0.356 e. The first kappa shape index (κ1) is 21.0. The van der Waals surface area contributed by atoms with Gasteiger partial charge in [-0.15, -0.1) is 24.0 Å². The molecule has 6 heteroatoms. The number of aliphatic imine (C=N–C) groups is 1. The molecule has 136 valence electrons. The maximum atomic E-state index is 4.49. The van der Waals surface area contributed by atoms with Gasteiger partial charge < -0.3 is 10.6 Å². The Balaban J connectivity index is 0.00000288. The number of halogens is 1. The first-order chi connectivity index (χ1) is 11.0. The lowest BCUT2D eigenvalue weighted by molar-refractivity contribution is 0.634. The number of hydrogen-bond donors (Lipinski definition) is 2. The van der Waals surface area contributed by atoms with Crippen LogP contribution in [0.4, 0.5) is 0 Å². The summed E-state index contributed by atoms with van der Waals surface area (Å²) in [4.78, 5) is 4.34. The SMILES string of the molecule is CN=C(NCCC1=CCCC1)NC(C)Cc1c(C)nn(C)c1C.I. The fraction of sp³-hybridized carbons (Fsp3) is 0.667. The monoisotopic (exact) mass is 445 g/mol. The van der Waals surface area contributed by atoms with E-state index in [1.165, 1.54) is 30.5 Å². The summed E-state index contributed by atoms with van der Waals surface area (Å²) >= 11 is 0. The zero-order valence-electron chi connectivity index (χ0n) is 15.6. The number of guanidine groups is 1. The van der Waals surface area contributed by atoms with Crippen LogP contribution >= 0.6 is 24.0 Å². The van der Waals surface area contributed by atoms with Crippen molar-refractivity contribution in [1.82, 2.24) is 20.4 Å².